The fraction of sp³-hybridized carbons (Fsp3) is 0.875. The van der Waals surface area contributed by atoms with Crippen LogP contribution < -0.4 is 0 Å². The van der Waals surface area contributed by atoms with Gasteiger partial charge in [-0.3, -0.25) is 0 Å². The molecular formula is C24H40N2O2. The molecule has 0 unspecified atom stereocenters. The molecule has 3 saturated carbocycles. The SMILES string of the molecule is CN(C)CCON=C[C@]1(O)CC[C@@]2(C)C(=CC[C@H]3[C@@H]4CCC[C@@]4(C)CC[C@@H]32)C1. The topological polar surface area (TPSA) is 45.1 Å². The van der Waals surface area contributed by atoms with Crippen LogP contribution in [-0.2, 0) is 4.84 Å². The van der Waals surface area contributed by atoms with Crippen molar-refractivity contribution in [2.75, 3.05) is 27.2 Å². The van der Waals surface area contributed by atoms with Crippen LogP contribution in [0.3, 0.4) is 0 Å². The molecular weight excluding hydrogens is 348 g/mol. The van der Waals surface area contributed by atoms with Crippen LogP contribution in [0.1, 0.15) is 71.6 Å². The van der Waals surface area contributed by atoms with Crippen LogP contribution in [0.2, 0.25) is 0 Å². The van der Waals surface area contributed by atoms with Crippen molar-refractivity contribution in [3.63, 3.8) is 0 Å². The van der Waals surface area contributed by atoms with Gasteiger partial charge in [0.15, 0.2) is 0 Å². The first-order valence-electron chi connectivity index (χ1n) is 11.5. The van der Waals surface area contributed by atoms with Gasteiger partial charge in [0.05, 0.1) is 6.21 Å². The second-order valence-corrected chi connectivity index (χ2v) is 11.0. The summed E-state index contributed by atoms with van der Waals surface area (Å²) in [5, 5.41) is 15.2. The lowest BCUT2D eigenvalue weighted by molar-refractivity contribution is -0.0443. The summed E-state index contributed by atoms with van der Waals surface area (Å²) in [5.74, 6) is 2.60. The van der Waals surface area contributed by atoms with E-state index in [9.17, 15) is 5.11 Å². The first-order chi connectivity index (χ1) is 13.3. The van der Waals surface area contributed by atoms with Gasteiger partial charge in [-0.2, -0.15) is 0 Å². The average molecular weight is 389 g/mol. The van der Waals surface area contributed by atoms with Gasteiger partial charge in [0.25, 0.3) is 0 Å². The van der Waals surface area contributed by atoms with Crippen molar-refractivity contribution in [1.82, 2.24) is 4.90 Å². The zero-order valence-corrected chi connectivity index (χ0v) is 18.4. The molecule has 4 heteroatoms. The Morgan fingerprint density at radius 3 is 2.79 bits per heavy atom. The lowest BCUT2D eigenvalue weighted by atomic mass is 9.47. The Hall–Kier alpha value is -0.870. The van der Waals surface area contributed by atoms with Gasteiger partial charge in [0.2, 0.25) is 0 Å². The molecule has 0 aromatic carbocycles. The van der Waals surface area contributed by atoms with Gasteiger partial charge in [0, 0.05) is 13.0 Å². The number of hydrogen-bond donors (Lipinski definition) is 1. The molecule has 3 fully saturated rings. The van der Waals surface area contributed by atoms with Crippen LogP contribution in [0.15, 0.2) is 16.8 Å². The minimum atomic E-state index is -0.840. The van der Waals surface area contributed by atoms with E-state index in [1.807, 2.05) is 14.1 Å². The molecule has 0 aliphatic heterocycles. The van der Waals surface area contributed by atoms with Crippen LogP contribution in [0.25, 0.3) is 0 Å². The van der Waals surface area contributed by atoms with Gasteiger partial charge < -0.3 is 14.8 Å². The number of allylic oxidation sites excluding steroid dienone is 1. The summed E-state index contributed by atoms with van der Waals surface area (Å²) in [4.78, 5) is 7.43. The summed E-state index contributed by atoms with van der Waals surface area (Å²) < 4.78 is 0. The van der Waals surface area contributed by atoms with Crippen molar-refractivity contribution in [3.8, 4) is 0 Å². The summed E-state index contributed by atoms with van der Waals surface area (Å²) in [5.41, 5.74) is 1.53. The molecule has 1 N–H and O–H groups in total. The van der Waals surface area contributed by atoms with E-state index in [1.54, 1.807) is 6.21 Å². The van der Waals surface area contributed by atoms with Crippen molar-refractivity contribution in [1.29, 1.82) is 0 Å². The van der Waals surface area contributed by atoms with E-state index in [2.05, 4.69) is 30.0 Å². The molecule has 4 nitrogen and oxygen atoms in total. The molecule has 0 heterocycles. The molecule has 0 bridgehead atoms. The van der Waals surface area contributed by atoms with Gasteiger partial charge in [-0.15, -0.1) is 0 Å². The highest BCUT2D eigenvalue weighted by Crippen LogP contribution is 2.65. The molecule has 6 atom stereocenters. The van der Waals surface area contributed by atoms with E-state index < -0.39 is 5.60 Å². The van der Waals surface area contributed by atoms with Crippen LogP contribution in [0.5, 0.6) is 0 Å². The Bertz CT molecular complexity index is 645. The van der Waals surface area contributed by atoms with Crippen molar-refractivity contribution < 1.29 is 9.94 Å². The van der Waals surface area contributed by atoms with Crippen molar-refractivity contribution in [2.24, 2.45) is 33.7 Å². The normalized spacial score (nSPS) is 45.5. The molecule has 158 valence electrons. The van der Waals surface area contributed by atoms with E-state index in [1.165, 1.54) is 44.1 Å². The maximum Gasteiger partial charge on any atom is 0.129 e. The molecule has 0 spiro atoms. The Morgan fingerprint density at radius 1 is 1.18 bits per heavy atom. The van der Waals surface area contributed by atoms with E-state index >= 15 is 0 Å². The number of hydrogen-bond acceptors (Lipinski definition) is 4. The zero-order chi connectivity index (χ0) is 20.0. The van der Waals surface area contributed by atoms with Gasteiger partial charge in [0.1, 0.15) is 12.2 Å². The minimum absolute atomic E-state index is 0.276. The van der Waals surface area contributed by atoms with Crippen molar-refractivity contribution in [2.45, 2.75) is 77.2 Å². The van der Waals surface area contributed by atoms with Gasteiger partial charge in [-0.05, 0) is 87.6 Å². The van der Waals surface area contributed by atoms with Gasteiger partial charge in [-0.25, -0.2) is 0 Å². The van der Waals surface area contributed by atoms with Crippen LogP contribution in [-0.4, -0.2) is 49.1 Å². The third kappa shape index (κ3) is 3.56. The first kappa shape index (κ1) is 20.4. The number of aliphatic hydroxyl groups is 1. The molecule has 0 aromatic heterocycles. The summed E-state index contributed by atoms with van der Waals surface area (Å²) >= 11 is 0. The first-order valence-corrected chi connectivity index (χ1v) is 11.5. The fourth-order valence-corrected chi connectivity index (χ4v) is 7.19. The highest BCUT2D eigenvalue weighted by Gasteiger charge is 2.56. The summed E-state index contributed by atoms with van der Waals surface area (Å²) in [6, 6.07) is 0. The lowest BCUT2D eigenvalue weighted by Crippen LogP contribution is -2.51. The predicted octanol–water partition coefficient (Wildman–Crippen LogP) is 4.63. The maximum atomic E-state index is 11.1. The van der Waals surface area contributed by atoms with E-state index in [0.29, 0.717) is 12.0 Å². The minimum Gasteiger partial charge on any atom is -0.395 e. The molecule has 4 rings (SSSR count). The number of fused-ring (bicyclic) bond motifs is 5. The molecule has 4 aliphatic rings. The van der Waals surface area contributed by atoms with Crippen LogP contribution >= 0.6 is 0 Å². The average Bonchev–Trinajstić information content (AvgIpc) is 3.04. The standard InChI is InChI=1S/C24H40N2O2/c1-22-10-5-6-20(22)19-8-7-18-16-24(27,17-25-28-15-14-26(3)4)13-12-23(18,2)21(19)9-11-22/h7,17,19-21,27H,5-6,8-16H2,1-4H3/t19-,20-,21-,22-,23-,24-/m0/s1. The predicted molar refractivity (Wildman–Crippen MR) is 114 cm³/mol. The van der Waals surface area contributed by atoms with E-state index in [0.717, 1.165) is 43.6 Å². The summed E-state index contributed by atoms with van der Waals surface area (Å²) in [6.07, 6.45) is 15.1. The fourth-order valence-electron chi connectivity index (χ4n) is 7.19. The second kappa shape index (κ2) is 7.43. The number of likely N-dealkylation sites (N-methyl/N-ethyl adjacent to an activating group) is 1. The monoisotopic (exact) mass is 388 g/mol. The number of nitrogens with zero attached hydrogens (tertiary/aromatic N) is 2. The Morgan fingerprint density at radius 2 is 2.00 bits per heavy atom. The van der Waals surface area contributed by atoms with Crippen LogP contribution in [0.4, 0.5) is 0 Å². The number of rotatable bonds is 5. The van der Waals surface area contributed by atoms with Gasteiger partial charge in [-0.1, -0.05) is 37.1 Å². The largest absolute Gasteiger partial charge is 0.395 e. The molecule has 0 aromatic rings. The van der Waals surface area contributed by atoms with E-state index in [-0.39, 0.29) is 5.41 Å². The Balaban J connectivity index is 1.45. The van der Waals surface area contributed by atoms with Crippen LogP contribution in [0, 0.1) is 28.6 Å². The smallest absolute Gasteiger partial charge is 0.129 e. The highest BCUT2D eigenvalue weighted by atomic mass is 16.6. The molecule has 28 heavy (non-hydrogen) atoms. The third-order valence-electron chi connectivity index (χ3n) is 8.98. The lowest BCUT2D eigenvalue weighted by Gasteiger charge is -2.58. The quantitative estimate of drug-likeness (QED) is 0.323. The highest BCUT2D eigenvalue weighted by molar-refractivity contribution is 5.69. The van der Waals surface area contributed by atoms with E-state index in [4.69, 9.17) is 4.84 Å². The molecule has 0 radical (unpaired) electrons. The second-order valence-electron chi connectivity index (χ2n) is 11.0. The molecule has 4 aliphatic carbocycles. The van der Waals surface area contributed by atoms with Crippen molar-refractivity contribution in [3.05, 3.63) is 11.6 Å². The summed E-state index contributed by atoms with van der Waals surface area (Å²) in [6.45, 7) is 6.46. The Labute approximate surface area is 171 Å². The molecule has 0 saturated heterocycles. The molecule has 0 amide bonds. The number of oxime groups is 1. The summed E-state index contributed by atoms with van der Waals surface area (Å²) in [7, 11) is 4.04. The Kier molecular flexibility index (Phi) is 5.41. The van der Waals surface area contributed by atoms with Crippen molar-refractivity contribution >= 4 is 6.21 Å². The zero-order valence-electron chi connectivity index (χ0n) is 18.4. The third-order valence-corrected chi connectivity index (χ3v) is 8.98. The van der Waals surface area contributed by atoms with Gasteiger partial charge >= 0.3 is 0 Å². The maximum absolute atomic E-state index is 11.1.